The van der Waals surface area contributed by atoms with E-state index in [1.54, 1.807) is 12.1 Å². The molecule has 136 valence electrons. The van der Waals surface area contributed by atoms with Gasteiger partial charge in [-0.3, -0.25) is 4.79 Å². The van der Waals surface area contributed by atoms with Gasteiger partial charge in [0.05, 0.1) is 0 Å². The van der Waals surface area contributed by atoms with Gasteiger partial charge in [-0.1, -0.05) is 24.3 Å². The first kappa shape index (κ1) is 19.7. The Morgan fingerprint density at radius 2 is 1.44 bits per heavy atom. The fourth-order valence-corrected chi connectivity index (χ4v) is 1.96. The topological polar surface area (TPSA) is 177 Å². The number of nitrogens with one attached hydrogen (secondary N) is 3. The Hall–Kier alpha value is -3.30. The first-order valence-corrected chi connectivity index (χ1v) is 7.24. The number of hydrogen-bond donors (Lipinski definition) is 5. The summed E-state index contributed by atoms with van der Waals surface area (Å²) in [5, 5.41) is 30.9. The van der Waals surface area contributed by atoms with Crippen molar-refractivity contribution in [1.82, 2.24) is 10.6 Å². The molecule has 25 heavy (non-hydrogen) atoms. The molecule has 10 heteroatoms. The lowest BCUT2D eigenvalue weighted by Gasteiger charge is -2.18. The highest BCUT2D eigenvalue weighted by Gasteiger charge is 2.25. The van der Waals surface area contributed by atoms with Gasteiger partial charge in [-0.25, -0.2) is 14.4 Å². The Balaban J connectivity index is 2.68. The number of carboxylic acid groups (broad SMARTS) is 3. The van der Waals surface area contributed by atoms with Crippen LogP contribution in [-0.4, -0.2) is 51.3 Å². The summed E-state index contributed by atoms with van der Waals surface area (Å²) in [4.78, 5) is 44.6. The van der Waals surface area contributed by atoms with E-state index in [2.05, 4.69) is 5.32 Å². The van der Waals surface area contributed by atoms with E-state index in [1.807, 2.05) is 5.32 Å². The predicted octanol–water partition coefficient (Wildman–Crippen LogP) is 0.983. The van der Waals surface area contributed by atoms with Crippen molar-refractivity contribution < 1.29 is 34.5 Å². The first-order valence-electron chi connectivity index (χ1n) is 7.24. The van der Waals surface area contributed by atoms with Crippen molar-refractivity contribution >= 4 is 29.6 Å². The third-order valence-corrected chi connectivity index (χ3v) is 3.25. The lowest BCUT2D eigenvalue weighted by atomic mass is 10.1. The summed E-state index contributed by atoms with van der Waals surface area (Å²) in [6.45, 7) is 0. The van der Waals surface area contributed by atoms with Crippen molar-refractivity contribution in [2.75, 3.05) is 0 Å². The molecule has 1 aromatic rings. The Bertz CT molecular complexity index is 645. The van der Waals surface area contributed by atoms with Gasteiger partial charge >= 0.3 is 23.9 Å². The molecular formula is C15H18N3O7-. The van der Waals surface area contributed by atoms with Crippen LogP contribution in [0.2, 0.25) is 0 Å². The van der Waals surface area contributed by atoms with E-state index in [4.69, 9.17) is 15.9 Å². The van der Waals surface area contributed by atoms with Crippen LogP contribution < -0.4 is 10.6 Å². The van der Waals surface area contributed by atoms with Crippen LogP contribution in [-0.2, 0) is 20.8 Å². The van der Waals surface area contributed by atoms with Crippen LogP contribution in [0.4, 0.5) is 10.5 Å². The zero-order valence-electron chi connectivity index (χ0n) is 13.1. The second kappa shape index (κ2) is 9.11. The summed E-state index contributed by atoms with van der Waals surface area (Å²) in [5.41, 5.74) is 8.19. The molecular weight excluding hydrogens is 334 g/mol. The van der Waals surface area contributed by atoms with E-state index in [0.717, 1.165) is 0 Å². The third-order valence-electron chi connectivity index (χ3n) is 3.25. The third kappa shape index (κ3) is 7.20. The molecule has 0 aliphatic carbocycles. The molecule has 0 aromatic heterocycles. The Morgan fingerprint density at radius 3 is 1.92 bits per heavy atom. The largest absolute Gasteiger partial charge is 0.699 e. The molecule has 0 radical (unpaired) electrons. The molecule has 0 fully saturated rings. The quantitative estimate of drug-likeness (QED) is 0.439. The summed E-state index contributed by atoms with van der Waals surface area (Å²) in [6.07, 6.45) is -0.851. The number of carboxylic acids is 3. The molecule has 6 N–H and O–H groups in total. The fourth-order valence-electron chi connectivity index (χ4n) is 1.96. The standard InChI is InChI=1S/C15H18N3O7/c16-9-3-1-8(2-4-9)7-11(14(23)24)18-15(25)17-10(13(21)22)5-6-12(19)20/h1-4,10-11,16H,5-7H2,(H,19,20)(H,21,22)(H,23,24)(H2,17,18,25)/q-1/t10-,11-/m0/s1. The van der Waals surface area contributed by atoms with Crippen LogP contribution in [0.15, 0.2) is 24.3 Å². The molecule has 0 saturated heterocycles. The molecule has 0 saturated carbocycles. The maximum atomic E-state index is 11.8. The van der Waals surface area contributed by atoms with Gasteiger partial charge in [0, 0.05) is 12.8 Å². The van der Waals surface area contributed by atoms with Gasteiger partial charge in [0.1, 0.15) is 12.1 Å². The summed E-state index contributed by atoms with van der Waals surface area (Å²) < 4.78 is 0. The van der Waals surface area contributed by atoms with Crippen LogP contribution in [0.25, 0.3) is 5.73 Å². The molecule has 2 atom stereocenters. The molecule has 10 nitrogen and oxygen atoms in total. The molecule has 0 unspecified atom stereocenters. The van der Waals surface area contributed by atoms with Crippen LogP contribution in [0, 0.1) is 0 Å². The van der Waals surface area contributed by atoms with Crippen LogP contribution in [0.1, 0.15) is 18.4 Å². The van der Waals surface area contributed by atoms with Crippen molar-refractivity contribution in [2.24, 2.45) is 0 Å². The zero-order valence-corrected chi connectivity index (χ0v) is 13.1. The molecule has 0 bridgehead atoms. The highest BCUT2D eigenvalue weighted by atomic mass is 16.4. The van der Waals surface area contributed by atoms with Crippen molar-refractivity contribution in [3.05, 3.63) is 35.6 Å². The van der Waals surface area contributed by atoms with Crippen molar-refractivity contribution in [3.8, 4) is 0 Å². The number of rotatable bonds is 9. The van der Waals surface area contributed by atoms with Gasteiger partial charge in [0.25, 0.3) is 0 Å². The van der Waals surface area contributed by atoms with Gasteiger partial charge in [-0.15, -0.1) is 5.69 Å². The summed E-state index contributed by atoms with van der Waals surface area (Å²) in [6, 6.07) is 2.25. The number of aliphatic carboxylic acids is 3. The summed E-state index contributed by atoms with van der Waals surface area (Å²) in [7, 11) is 0. The van der Waals surface area contributed by atoms with Gasteiger partial charge in [-0.2, -0.15) is 0 Å². The van der Waals surface area contributed by atoms with Crippen LogP contribution in [0.3, 0.4) is 0 Å². The maximum absolute atomic E-state index is 11.8. The Morgan fingerprint density at radius 1 is 0.920 bits per heavy atom. The predicted molar refractivity (Wildman–Crippen MR) is 85.5 cm³/mol. The smallest absolute Gasteiger partial charge is 0.326 e. The van der Waals surface area contributed by atoms with Gasteiger partial charge < -0.3 is 31.7 Å². The molecule has 0 heterocycles. The summed E-state index contributed by atoms with van der Waals surface area (Å²) >= 11 is 0. The van der Waals surface area contributed by atoms with Gasteiger partial charge in [0.15, 0.2) is 0 Å². The number of amides is 2. The normalized spacial score (nSPS) is 12.6. The minimum Gasteiger partial charge on any atom is -0.699 e. The van der Waals surface area contributed by atoms with Crippen molar-refractivity contribution in [2.45, 2.75) is 31.3 Å². The zero-order chi connectivity index (χ0) is 19.0. The van der Waals surface area contributed by atoms with E-state index in [9.17, 15) is 24.3 Å². The van der Waals surface area contributed by atoms with Crippen molar-refractivity contribution in [3.63, 3.8) is 0 Å². The molecule has 1 aromatic carbocycles. The van der Waals surface area contributed by atoms with E-state index in [1.165, 1.54) is 12.1 Å². The van der Waals surface area contributed by atoms with E-state index in [0.29, 0.717) is 5.56 Å². The highest BCUT2D eigenvalue weighted by molar-refractivity contribution is 5.86. The average molecular weight is 352 g/mol. The molecule has 0 aliphatic heterocycles. The highest BCUT2D eigenvalue weighted by Crippen LogP contribution is 2.12. The second-order valence-corrected chi connectivity index (χ2v) is 5.23. The van der Waals surface area contributed by atoms with E-state index < -0.39 is 42.4 Å². The molecule has 0 spiro atoms. The summed E-state index contributed by atoms with van der Waals surface area (Å²) in [5.74, 6) is -3.95. The fraction of sp³-hybridized carbons (Fsp3) is 0.333. The molecule has 2 amide bonds. The number of hydrogen-bond acceptors (Lipinski definition) is 4. The Labute approximate surface area is 142 Å². The molecule has 0 aliphatic rings. The van der Waals surface area contributed by atoms with E-state index in [-0.39, 0.29) is 18.5 Å². The monoisotopic (exact) mass is 352 g/mol. The van der Waals surface area contributed by atoms with Crippen molar-refractivity contribution in [1.29, 1.82) is 0 Å². The van der Waals surface area contributed by atoms with Gasteiger partial charge in [0.2, 0.25) is 0 Å². The SMILES string of the molecule is [NH-]c1ccc(C[C@H](NC(=O)N[C@@H](CCC(=O)O)C(=O)O)C(=O)O)cc1. The lowest BCUT2D eigenvalue weighted by molar-refractivity contribution is -0.140. The molecule has 1 rings (SSSR count). The lowest BCUT2D eigenvalue weighted by Crippen LogP contribution is -2.51. The first-order chi connectivity index (χ1) is 11.7. The Kier molecular flexibility index (Phi) is 7.19. The van der Waals surface area contributed by atoms with Crippen LogP contribution in [0.5, 0.6) is 0 Å². The minimum atomic E-state index is -1.45. The number of carbonyl (C=O) groups excluding carboxylic acids is 1. The average Bonchev–Trinajstić information content (AvgIpc) is 2.52. The number of carbonyl (C=O) groups is 4. The van der Waals surface area contributed by atoms with E-state index >= 15 is 0 Å². The number of benzene rings is 1. The second-order valence-electron chi connectivity index (χ2n) is 5.23. The van der Waals surface area contributed by atoms with Crippen LogP contribution >= 0.6 is 0 Å². The number of urea groups is 1. The van der Waals surface area contributed by atoms with Gasteiger partial charge in [-0.05, 0) is 12.0 Å². The minimum absolute atomic E-state index is 0.0596. The maximum Gasteiger partial charge on any atom is 0.326 e.